The van der Waals surface area contributed by atoms with Crippen molar-refractivity contribution in [3.05, 3.63) is 66.2 Å². The number of H-pyrrole nitrogens is 1. The molecule has 0 amide bonds. The maximum atomic E-state index is 15.0. The highest BCUT2D eigenvalue weighted by molar-refractivity contribution is 7.83. The Balaban J connectivity index is 0.000000689. The number of benzene rings is 2. The molecule has 2 saturated heterocycles. The highest BCUT2D eigenvalue weighted by atomic mass is 32.2. The third kappa shape index (κ3) is 5.41. The van der Waals surface area contributed by atoms with Gasteiger partial charge in [0.15, 0.2) is 17.8 Å². The molecule has 4 aromatic rings. The summed E-state index contributed by atoms with van der Waals surface area (Å²) in [6.07, 6.45) is 1.38. The van der Waals surface area contributed by atoms with E-state index in [0.29, 0.717) is 28.2 Å². The second kappa shape index (κ2) is 10.8. The Hall–Kier alpha value is -3.38. The highest BCUT2D eigenvalue weighted by Gasteiger charge is 2.48. The third-order valence-electron chi connectivity index (χ3n) is 6.26. The van der Waals surface area contributed by atoms with Gasteiger partial charge in [0.1, 0.15) is 29.8 Å². The van der Waals surface area contributed by atoms with Gasteiger partial charge < -0.3 is 30.0 Å². The number of halogens is 2. The molecule has 2 aliphatic rings. The summed E-state index contributed by atoms with van der Waals surface area (Å²) in [5.41, 5.74) is 8.59. The molecule has 8 nitrogen and oxygen atoms in total. The van der Waals surface area contributed by atoms with Crippen LogP contribution in [0, 0.1) is 11.6 Å². The molecule has 4 N–H and O–H groups in total. The molecule has 38 heavy (non-hydrogen) atoms. The van der Waals surface area contributed by atoms with Gasteiger partial charge in [-0.3, -0.25) is 4.21 Å². The van der Waals surface area contributed by atoms with E-state index in [9.17, 15) is 13.7 Å². The monoisotopic (exact) mass is 543 g/mol. The summed E-state index contributed by atoms with van der Waals surface area (Å²) in [6.45, 7) is 0.459. The molecule has 4 atom stereocenters. The van der Waals surface area contributed by atoms with Gasteiger partial charge >= 0.3 is 0 Å². The van der Waals surface area contributed by atoms with Crippen LogP contribution in [0.4, 0.5) is 14.5 Å². The standard InChI is InChI=1S/C25H21F2N3O4.C2H6OS/c26-16-7-13(12-1-4-14(28)5-2-12)3-6-15(16)23-17(27)8-18-19(30-23)9-22(29-18)34-21-11-33-24-20(31)10-32-25(21)24;1-4(2)3/h1-9,20-21,24-25,29,31H,10-11,28H2;1-2H3/t20-,21-,24?,25-;/m1./s1. The number of aliphatic hydroxyl groups is 1. The Morgan fingerprint density at radius 3 is 2.39 bits per heavy atom. The van der Waals surface area contributed by atoms with Crippen molar-refractivity contribution in [1.82, 2.24) is 9.97 Å². The van der Waals surface area contributed by atoms with Crippen molar-refractivity contribution in [2.24, 2.45) is 0 Å². The van der Waals surface area contributed by atoms with Gasteiger partial charge in [-0.05, 0) is 35.4 Å². The van der Waals surface area contributed by atoms with Crippen LogP contribution < -0.4 is 10.5 Å². The van der Waals surface area contributed by atoms with E-state index in [1.165, 1.54) is 18.2 Å². The van der Waals surface area contributed by atoms with Crippen molar-refractivity contribution in [3.8, 4) is 28.3 Å². The van der Waals surface area contributed by atoms with Crippen molar-refractivity contribution in [1.29, 1.82) is 0 Å². The molecule has 2 aromatic carbocycles. The number of anilines is 1. The summed E-state index contributed by atoms with van der Waals surface area (Å²) in [7, 11) is -0.611. The molecule has 4 heterocycles. The molecule has 0 bridgehead atoms. The largest absolute Gasteiger partial charge is 0.470 e. The Bertz CT molecular complexity index is 1480. The number of hydrogen-bond donors (Lipinski definition) is 3. The lowest BCUT2D eigenvalue weighted by molar-refractivity contribution is 0.00794. The van der Waals surface area contributed by atoms with Gasteiger partial charge in [-0.2, -0.15) is 0 Å². The zero-order valence-electron chi connectivity index (χ0n) is 20.7. The first-order valence-corrected chi connectivity index (χ1v) is 13.8. The van der Waals surface area contributed by atoms with Crippen molar-refractivity contribution < 1.29 is 32.3 Å². The van der Waals surface area contributed by atoms with Gasteiger partial charge in [-0.25, -0.2) is 13.8 Å². The van der Waals surface area contributed by atoms with Gasteiger partial charge in [-0.15, -0.1) is 0 Å². The fraction of sp³-hybridized carbons (Fsp3) is 0.296. The van der Waals surface area contributed by atoms with E-state index in [-0.39, 0.29) is 30.6 Å². The predicted octanol–water partition coefficient (Wildman–Crippen LogP) is 3.66. The normalized spacial score (nSPS) is 22.4. The lowest BCUT2D eigenvalue weighted by Gasteiger charge is -2.16. The summed E-state index contributed by atoms with van der Waals surface area (Å²) in [6, 6.07) is 14.5. The van der Waals surface area contributed by atoms with Gasteiger partial charge in [-0.1, -0.05) is 18.2 Å². The molecule has 0 spiro atoms. The van der Waals surface area contributed by atoms with E-state index in [1.807, 2.05) is 0 Å². The van der Waals surface area contributed by atoms with Crippen LogP contribution in [0.2, 0.25) is 0 Å². The maximum Gasteiger partial charge on any atom is 0.193 e. The number of ether oxygens (including phenoxy) is 3. The number of aromatic nitrogens is 2. The average molecular weight is 544 g/mol. The number of pyridine rings is 1. The van der Waals surface area contributed by atoms with E-state index in [1.54, 1.807) is 48.9 Å². The van der Waals surface area contributed by atoms with Crippen molar-refractivity contribution in [2.75, 3.05) is 31.5 Å². The minimum absolute atomic E-state index is 0.0580. The topological polar surface area (TPSA) is 120 Å². The Morgan fingerprint density at radius 1 is 1.00 bits per heavy atom. The SMILES string of the molecule is CS(C)=O.Nc1ccc(-c2ccc(-c3nc4cc(O[C@@H]5COC6[C@H](O)CO[C@@H]65)[nH]c4cc3F)c(F)c2)cc1. The number of aromatic amines is 1. The Kier molecular flexibility index (Phi) is 7.44. The molecule has 2 fully saturated rings. The van der Waals surface area contributed by atoms with E-state index in [0.717, 1.165) is 5.56 Å². The summed E-state index contributed by atoms with van der Waals surface area (Å²) < 4.78 is 56.5. The van der Waals surface area contributed by atoms with E-state index in [2.05, 4.69) is 9.97 Å². The number of aliphatic hydroxyl groups excluding tert-OH is 1. The van der Waals surface area contributed by atoms with E-state index < -0.39 is 40.7 Å². The summed E-state index contributed by atoms with van der Waals surface area (Å²) >= 11 is 0. The van der Waals surface area contributed by atoms with Crippen LogP contribution in [0.15, 0.2) is 54.6 Å². The van der Waals surface area contributed by atoms with E-state index >= 15 is 4.39 Å². The van der Waals surface area contributed by atoms with Gasteiger partial charge in [0.25, 0.3) is 0 Å². The van der Waals surface area contributed by atoms with Crippen LogP contribution in [0.25, 0.3) is 33.4 Å². The zero-order valence-corrected chi connectivity index (χ0v) is 21.5. The Labute approximate surface area is 220 Å². The Morgan fingerprint density at radius 2 is 1.68 bits per heavy atom. The van der Waals surface area contributed by atoms with Gasteiger partial charge in [0.05, 0.1) is 24.2 Å². The van der Waals surface area contributed by atoms with Gasteiger partial charge in [0, 0.05) is 46.7 Å². The second-order valence-electron chi connectivity index (χ2n) is 9.26. The number of rotatable bonds is 4. The second-order valence-corrected chi connectivity index (χ2v) is 10.7. The van der Waals surface area contributed by atoms with Crippen LogP contribution in [0.1, 0.15) is 0 Å². The lowest BCUT2D eigenvalue weighted by Crippen LogP contribution is -2.34. The van der Waals surface area contributed by atoms with E-state index in [4.69, 9.17) is 19.9 Å². The van der Waals surface area contributed by atoms with Crippen LogP contribution in [-0.4, -0.2) is 69.4 Å². The number of nitrogens with zero attached hydrogens (tertiary/aromatic N) is 1. The number of nitrogen functional groups attached to an aromatic ring is 1. The van der Waals surface area contributed by atoms with Crippen LogP contribution in [0.5, 0.6) is 5.88 Å². The smallest absolute Gasteiger partial charge is 0.193 e. The molecule has 0 aliphatic carbocycles. The highest BCUT2D eigenvalue weighted by Crippen LogP contribution is 2.33. The average Bonchev–Trinajstić information content (AvgIpc) is 3.55. The number of fused-ring (bicyclic) bond motifs is 2. The van der Waals surface area contributed by atoms with Crippen molar-refractivity contribution >= 4 is 27.5 Å². The van der Waals surface area contributed by atoms with Crippen LogP contribution >= 0.6 is 0 Å². The summed E-state index contributed by atoms with van der Waals surface area (Å²) in [5, 5.41) is 9.88. The molecule has 200 valence electrons. The quantitative estimate of drug-likeness (QED) is 0.336. The lowest BCUT2D eigenvalue weighted by atomic mass is 10.0. The molecular weight excluding hydrogens is 516 g/mol. The number of nitrogens with two attached hydrogens (primary N) is 1. The molecular formula is C27H27F2N3O5S. The van der Waals surface area contributed by atoms with Gasteiger partial charge in [0.2, 0.25) is 0 Å². The molecule has 0 saturated carbocycles. The fourth-order valence-electron chi connectivity index (χ4n) is 4.53. The molecule has 2 aliphatic heterocycles. The minimum atomic E-state index is -0.680. The first-order valence-electron chi connectivity index (χ1n) is 11.9. The number of hydrogen-bond acceptors (Lipinski definition) is 7. The first-order chi connectivity index (χ1) is 18.2. The molecule has 6 rings (SSSR count). The molecule has 1 unspecified atom stereocenters. The fourth-order valence-corrected chi connectivity index (χ4v) is 4.53. The van der Waals surface area contributed by atoms with Crippen molar-refractivity contribution in [2.45, 2.75) is 24.4 Å². The minimum Gasteiger partial charge on any atom is -0.470 e. The predicted molar refractivity (Wildman–Crippen MR) is 141 cm³/mol. The van der Waals surface area contributed by atoms with Crippen LogP contribution in [-0.2, 0) is 20.3 Å². The zero-order chi connectivity index (χ0) is 27.0. The maximum absolute atomic E-state index is 15.0. The van der Waals surface area contributed by atoms with Crippen molar-refractivity contribution in [3.63, 3.8) is 0 Å². The van der Waals surface area contributed by atoms with Crippen LogP contribution in [0.3, 0.4) is 0 Å². The molecule has 0 radical (unpaired) electrons. The molecule has 2 aromatic heterocycles. The first kappa shape index (κ1) is 26.2. The summed E-state index contributed by atoms with van der Waals surface area (Å²) in [5.74, 6) is -0.887. The molecule has 11 heteroatoms. The summed E-state index contributed by atoms with van der Waals surface area (Å²) in [4.78, 5) is 7.33. The number of nitrogens with one attached hydrogen (secondary N) is 1. The third-order valence-corrected chi connectivity index (χ3v) is 6.26.